The monoisotopic (exact) mass is 200 g/mol. The second-order valence-electron chi connectivity index (χ2n) is 3.59. The summed E-state index contributed by atoms with van der Waals surface area (Å²) in [6.07, 6.45) is 0. The Morgan fingerprint density at radius 3 is 2.53 bits per heavy atom. The number of carbonyl (C=O) groups excluding carboxylic acids is 1. The fourth-order valence-corrected chi connectivity index (χ4v) is 1.71. The molecular formula is C12H12N2O. The number of carbonyl (C=O) groups is 1. The predicted molar refractivity (Wildman–Crippen MR) is 59.7 cm³/mol. The maximum absolute atomic E-state index is 11.2. The van der Waals surface area contributed by atoms with Crippen LogP contribution >= 0.6 is 0 Å². The van der Waals surface area contributed by atoms with Gasteiger partial charge in [-0.3, -0.25) is 4.79 Å². The third kappa shape index (κ3) is 1.46. The summed E-state index contributed by atoms with van der Waals surface area (Å²) in [5.74, 6) is -0.471. The number of para-hydroxylation sites is 1. The van der Waals surface area contributed by atoms with Gasteiger partial charge in [-0.1, -0.05) is 18.2 Å². The van der Waals surface area contributed by atoms with Gasteiger partial charge in [-0.2, -0.15) is 0 Å². The summed E-state index contributed by atoms with van der Waals surface area (Å²) in [6, 6.07) is 7.74. The number of amides is 1. The van der Waals surface area contributed by atoms with Crippen LogP contribution in [0.3, 0.4) is 0 Å². The summed E-state index contributed by atoms with van der Waals surface area (Å²) in [5, 5.41) is 1.07. The summed E-state index contributed by atoms with van der Waals surface area (Å²) < 4.78 is 0. The van der Waals surface area contributed by atoms with Crippen LogP contribution in [0.4, 0.5) is 0 Å². The van der Waals surface area contributed by atoms with Gasteiger partial charge in [-0.25, -0.2) is 4.98 Å². The van der Waals surface area contributed by atoms with Crippen molar-refractivity contribution < 1.29 is 4.79 Å². The molecule has 0 atom stereocenters. The van der Waals surface area contributed by atoms with E-state index in [1.807, 2.05) is 38.1 Å². The van der Waals surface area contributed by atoms with Crippen molar-refractivity contribution in [3.8, 4) is 0 Å². The highest BCUT2D eigenvalue weighted by molar-refractivity contribution is 5.96. The second-order valence-corrected chi connectivity index (χ2v) is 3.59. The number of fused-ring (bicyclic) bond motifs is 1. The average Bonchev–Trinajstić information content (AvgIpc) is 2.23. The molecule has 0 saturated carbocycles. The molecule has 0 aliphatic carbocycles. The number of aromatic nitrogens is 1. The summed E-state index contributed by atoms with van der Waals surface area (Å²) in [7, 11) is 0. The molecule has 3 heteroatoms. The predicted octanol–water partition coefficient (Wildman–Crippen LogP) is 1.95. The molecule has 3 nitrogen and oxygen atoms in total. The van der Waals surface area contributed by atoms with Gasteiger partial charge in [0, 0.05) is 5.39 Å². The number of benzene rings is 1. The fourth-order valence-electron chi connectivity index (χ4n) is 1.71. The van der Waals surface area contributed by atoms with Crippen LogP contribution in [-0.4, -0.2) is 10.9 Å². The van der Waals surface area contributed by atoms with Crippen molar-refractivity contribution in [1.29, 1.82) is 0 Å². The van der Waals surface area contributed by atoms with Gasteiger partial charge in [0.05, 0.1) is 5.52 Å². The lowest BCUT2D eigenvalue weighted by Gasteiger charge is -2.08. The van der Waals surface area contributed by atoms with Crippen LogP contribution in [-0.2, 0) is 0 Å². The van der Waals surface area contributed by atoms with Gasteiger partial charge in [0.2, 0.25) is 0 Å². The maximum Gasteiger partial charge on any atom is 0.267 e. The Kier molecular flexibility index (Phi) is 2.15. The summed E-state index contributed by atoms with van der Waals surface area (Å²) in [4.78, 5) is 15.4. The van der Waals surface area contributed by atoms with Crippen LogP contribution < -0.4 is 5.73 Å². The van der Waals surface area contributed by atoms with Crippen LogP contribution in [0.25, 0.3) is 10.9 Å². The molecule has 0 radical (unpaired) electrons. The summed E-state index contributed by atoms with van der Waals surface area (Å²) in [5.41, 5.74) is 8.38. The lowest BCUT2D eigenvalue weighted by atomic mass is 10.0. The molecule has 0 fully saturated rings. The first kappa shape index (κ1) is 9.65. The Labute approximate surface area is 87.9 Å². The van der Waals surface area contributed by atoms with Gasteiger partial charge in [0.1, 0.15) is 5.69 Å². The Morgan fingerprint density at radius 1 is 1.20 bits per heavy atom. The van der Waals surface area contributed by atoms with E-state index in [4.69, 9.17) is 5.73 Å². The van der Waals surface area contributed by atoms with Crippen LogP contribution in [0.1, 0.15) is 21.6 Å². The van der Waals surface area contributed by atoms with Crippen LogP contribution in [0.15, 0.2) is 24.3 Å². The van der Waals surface area contributed by atoms with Crippen molar-refractivity contribution in [2.45, 2.75) is 13.8 Å². The Morgan fingerprint density at radius 2 is 1.87 bits per heavy atom. The van der Waals surface area contributed by atoms with Crippen molar-refractivity contribution in [2.24, 2.45) is 5.73 Å². The largest absolute Gasteiger partial charge is 0.364 e. The van der Waals surface area contributed by atoms with E-state index in [0.717, 1.165) is 22.0 Å². The van der Waals surface area contributed by atoms with Gasteiger partial charge < -0.3 is 5.73 Å². The van der Waals surface area contributed by atoms with E-state index < -0.39 is 5.91 Å². The van der Waals surface area contributed by atoms with Crippen molar-refractivity contribution in [2.75, 3.05) is 0 Å². The molecule has 1 aromatic heterocycles. The smallest absolute Gasteiger partial charge is 0.267 e. The zero-order valence-corrected chi connectivity index (χ0v) is 8.74. The molecule has 0 spiro atoms. The first-order chi connectivity index (χ1) is 7.11. The highest BCUT2D eigenvalue weighted by Crippen LogP contribution is 2.21. The zero-order chi connectivity index (χ0) is 11.0. The lowest BCUT2D eigenvalue weighted by Crippen LogP contribution is -2.15. The molecule has 0 aliphatic rings. The molecule has 1 aromatic carbocycles. The van der Waals surface area contributed by atoms with E-state index in [9.17, 15) is 4.79 Å². The number of pyridine rings is 1. The highest BCUT2D eigenvalue weighted by atomic mass is 16.1. The van der Waals surface area contributed by atoms with Crippen LogP contribution in [0, 0.1) is 13.8 Å². The minimum Gasteiger partial charge on any atom is -0.364 e. The number of aryl methyl sites for hydroxylation is 1. The molecule has 0 bridgehead atoms. The maximum atomic E-state index is 11.2. The van der Waals surface area contributed by atoms with E-state index >= 15 is 0 Å². The van der Waals surface area contributed by atoms with Gasteiger partial charge in [0.15, 0.2) is 0 Å². The van der Waals surface area contributed by atoms with Crippen molar-refractivity contribution >= 4 is 16.8 Å². The number of rotatable bonds is 1. The van der Waals surface area contributed by atoms with Gasteiger partial charge in [0.25, 0.3) is 5.91 Å². The lowest BCUT2D eigenvalue weighted by molar-refractivity contribution is 0.0995. The van der Waals surface area contributed by atoms with Crippen molar-refractivity contribution in [1.82, 2.24) is 4.98 Å². The highest BCUT2D eigenvalue weighted by Gasteiger charge is 2.11. The Hall–Kier alpha value is -1.90. The fraction of sp³-hybridized carbons (Fsp3) is 0.167. The van der Waals surface area contributed by atoms with Crippen LogP contribution in [0.2, 0.25) is 0 Å². The van der Waals surface area contributed by atoms with E-state index in [2.05, 4.69) is 4.98 Å². The van der Waals surface area contributed by atoms with E-state index in [-0.39, 0.29) is 0 Å². The van der Waals surface area contributed by atoms with E-state index in [1.165, 1.54) is 0 Å². The standard InChI is InChI=1S/C12H12N2O/c1-7-8(2)11(12(13)15)14-10-6-4-3-5-9(7)10/h3-6H,1-2H3,(H2,13,15). The minimum absolute atomic E-state index is 0.367. The average molecular weight is 200 g/mol. The molecule has 1 heterocycles. The topological polar surface area (TPSA) is 56.0 Å². The normalized spacial score (nSPS) is 10.5. The minimum atomic E-state index is -0.471. The molecule has 2 rings (SSSR count). The van der Waals surface area contributed by atoms with Crippen LogP contribution in [0.5, 0.6) is 0 Å². The molecule has 15 heavy (non-hydrogen) atoms. The molecule has 2 aromatic rings. The second kappa shape index (κ2) is 3.35. The first-order valence-electron chi connectivity index (χ1n) is 4.77. The summed E-state index contributed by atoms with van der Waals surface area (Å²) >= 11 is 0. The molecule has 2 N–H and O–H groups in total. The van der Waals surface area contributed by atoms with Crippen molar-refractivity contribution in [3.63, 3.8) is 0 Å². The number of primary amides is 1. The molecular weight excluding hydrogens is 188 g/mol. The van der Waals surface area contributed by atoms with Crippen molar-refractivity contribution in [3.05, 3.63) is 41.1 Å². The Balaban J connectivity index is 2.88. The first-order valence-corrected chi connectivity index (χ1v) is 4.77. The SMILES string of the molecule is Cc1c(C(N)=O)nc2ccccc2c1C. The number of hydrogen-bond donors (Lipinski definition) is 1. The molecule has 1 amide bonds. The third-order valence-electron chi connectivity index (χ3n) is 2.69. The summed E-state index contributed by atoms with van der Waals surface area (Å²) in [6.45, 7) is 3.85. The van der Waals surface area contributed by atoms with E-state index in [0.29, 0.717) is 5.69 Å². The quantitative estimate of drug-likeness (QED) is 0.764. The number of hydrogen-bond acceptors (Lipinski definition) is 2. The van der Waals surface area contributed by atoms with Gasteiger partial charge >= 0.3 is 0 Å². The third-order valence-corrected chi connectivity index (χ3v) is 2.69. The molecule has 0 aliphatic heterocycles. The number of nitrogens with zero attached hydrogens (tertiary/aromatic N) is 1. The van der Waals surface area contributed by atoms with Gasteiger partial charge in [-0.05, 0) is 31.0 Å². The number of nitrogens with two attached hydrogens (primary N) is 1. The molecule has 0 saturated heterocycles. The Bertz CT molecular complexity index is 547. The van der Waals surface area contributed by atoms with Gasteiger partial charge in [-0.15, -0.1) is 0 Å². The van der Waals surface area contributed by atoms with E-state index in [1.54, 1.807) is 0 Å². The molecule has 76 valence electrons. The molecule has 0 unspecified atom stereocenters. The zero-order valence-electron chi connectivity index (χ0n) is 8.74.